The monoisotopic (exact) mass is 290 g/mol. The molecule has 0 N–H and O–H groups in total. The van der Waals surface area contributed by atoms with Crippen molar-refractivity contribution < 1.29 is 21.6 Å². The molecule has 0 heterocycles. The van der Waals surface area contributed by atoms with E-state index >= 15 is 0 Å². The second kappa shape index (κ2) is 5.00. The van der Waals surface area contributed by atoms with Gasteiger partial charge in [-0.05, 0) is 25.0 Å². The molecule has 19 heavy (non-hydrogen) atoms. The minimum absolute atomic E-state index is 0.0513. The Morgan fingerprint density at radius 2 is 1.58 bits per heavy atom. The summed E-state index contributed by atoms with van der Waals surface area (Å²) in [5.41, 5.74) is 0. The van der Waals surface area contributed by atoms with Crippen molar-refractivity contribution in [1.82, 2.24) is 0 Å². The molecule has 1 aliphatic carbocycles. The van der Waals surface area contributed by atoms with E-state index in [1.807, 2.05) is 0 Å². The lowest BCUT2D eigenvalue weighted by Crippen LogP contribution is -2.40. The Bertz CT molecular complexity index is 561. The molecule has 0 bridgehead atoms. The smallest absolute Gasteiger partial charge is 0.223 e. The van der Waals surface area contributed by atoms with Crippen molar-refractivity contribution in [1.29, 1.82) is 0 Å². The number of benzene rings is 1. The summed E-state index contributed by atoms with van der Waals surface area (Å²) < 4.78 is 63.4. The van der Waals surface area contributed by atoms with E-state index in [1.165, 1.54) is 36.4 Å². The van der Waals surface area contributed by atoms with E-state index in [-0.39, 0.29) is 17.7 Å². The summed E-state index contributed by atoms with van der Waals surface area (Å²) in [6.45, 7) is 0. The van der Waals surface area contributed by atoms with Gasteiger partial charge in [0.05, 0.1) is 16.1 Å². The molecule has 0 amide bonds. The summed E-state index contributed by atoms with van der Waals surface area (Å²) in [4.78, 5) is -0.0513. The molecule has 0 fully saturated rings. The Kier molecular flexibility index (Phi) is 3.71. The predicted octanol–water partition coefficient (Wildman–Crippen LogP) is 3.36. The molecule has 1 aromatic carbocycles. The highest BCUT2D eigenvalue weighted by Crippen LogP contribution is 2.40. The second-order valence-electron chi connectivity index (χ2n) is 4.49. The van der Waals surface area contributed by atoms with Gasteiger partial charge in [-0.3, -0.25) is 0 Å². The highest BCUT2D eigenvalue weighted by atomic mass is 32.2. The minimum atomic E-state index is -4.50. The van der Waals surface area contributed by atoms with Crippen molar-refractivity contribution in [2.75, 3.05) is 0 Å². The van der Waals surface area contributed by atoms with E-state index in [9.17, 15) is 21.6 Å². The molecule has 0 radical (unpaired) electrons. The first kappa shape index (κ1) is 14.1. The van der Waals surface area contributed by atoms with Crippen molar-refractivity contribution in [3.63, 3.8) is 0 Å². The molecule has 0 aromatic heterocycles. The molecular weight excluding hydrogens is 277 g/mol. The summed E-state index contributed by atoms with van der Waals surface area (Å²) in [6, 6.07) is 7.31. The molecule has 2 rings (SSSR count). The molecule has 2 unspecified atom stereocenters. The third kappa shape index (κ3) is 2.83. The van der Waals surface area contributed by atoms with Gasteiger partial charge in [-0.15, -0.1) is 0 Å². The van der Waals surface area contributed by atoms with E-state index < -0.39 is 27.2 Å². The van der Waals surface area contributed by atoms with Crippen LogP contribution in [0.25, 0.3) is 0 Å². The van der Waals surface area contributed by atoms with E-state index in [0.29, 0.717) is 0 Å². The van der Waals surface area contributed by atoms with Gasteiger partial charge in [-0.25, -0.2) is 8.42 Å². The number of hydrogen-bond donors (Lipinski definition) is 0. The molecule has 0 spiro atoms. The molecule has 0 aliphatic heterocycles. The fraction of sp³-hybridized carbons (Fsp3) is 0.385. The normalized spacial score (nSPS) is 24.4. The lowest BCUT2D eigenvalue weighted by Gasteiger charge is -2.29. The van der Waals surface area contributed by atoms with Crippen LogP contribution < -0.4 is 0 Å². The Hall–Kier alpha value is -1.30. The van der Waals surface area contributed by atoms with Gasteiger partial charge in [0.2, 0.25) is 0 Å². The van der Waals surface area contributed by atoms with Crippen LogP contribution in [0.4, 0.5) is 13.2 Å². The Labute approximate surface area is 109 Å². The molecule has 0 saturated carbocycles. The average Bonchev–Trinajstić information content (AvgIpc) is 2.39. The Morgan fingerprint density at radius 1 is 1.00 bits per heavy atom. The summed E-state index contributed by atoms with van der Waals surface area (Å²) >= 11 is 0. The van der Waals surface area contributed by atoms with E-state index in [0.717, 1.165) is 0 Å². The lowest BCUT2D eigenvalue weighted by molar-refractivity contribution is -0.174. The largest absolute Gasteiger partial charge is 0.393 e. The zero-order valence-electron chi connectivity index (χ0n) is 9.97. The van der Waals surface area contributed by atoms with Crippen molar-refractivity contribution in [3.8, 4) is 0 Å². The number of allylic oxidation sites excluding steroid dienone is 2. The van der Waals surface area contributed by atoms with E-state index in [1.54, 1.807) is 6.07 Å². The summed E-state index contributed by atoms with van der Waals surface area (Å²) in [5.74, 6) is -1.83. The first-order valence-electron chi connectivity index (χ1n) is 5.84. The number of sulfone groups is 1. The van der Waals surface area contributed by atoms with Gasteiger partial charge in [-0.1, -0.05) is 30.4 Å². The topological polar surface area (TPSA) is 34.1 Å². The molecule has 6 heteroatoms. The minimum Gasteiger partial charge on any atom is -0.223 e. The molecule has 104 valence electrons. The molecule has 2 nitrogen and oxygen atoms in total. The maximum atomic E-state index is 12.9. The van der Waals surface area contributed by atoms with Gasteiger partial charge in [0.25, 0.3) is 0 Å². The maximum Gasteiger partial charge on any atom is 0.393 e. The zero-order valence-corrected chi connectivity index (χ0v) is 10.8. The first-order chi connectivity index (χ1) is 8.83. The van der Waals surface area contributed by atoms with Crippen LogP contribution in [0.5, 0.6) is 0 Å². The van der Waals surface area contributed by atoms with Gasteiger partial charge < -0.3 is 0 Å². The standard InChI is InChI=1S/C13H13F3O2S/c14-13(15,16)11-8-4-5-9-12(11)19(17,18)10-6-2-1-3-7-10/h1-7,11-12H,8-9H2. The molecule has 0 saturated heterocycles. The molecule has 1 aliphatic rings. The highest BCUT2D eigenvalue weighted by molar-refractivity contribution is 7.92. The third-order valence-corrected chi connectivity index (χ3v) is 5.51. The second-order valence-corrected chi connectivity index (χ2v) is 6.65. The Morgan fingerprint density at radius 3 is 2.16 bits per heavy atom. The van der Waals surface area contributed by atoms with Crippen molar-refractivity contribution in [3.05, 3.63) is 42.5 Å². The van der Waals surface area contributed by atoms with Gasteiger partial charge in [-0.2, -0.15) is 13.2 Å². The third-order valence-electron chi connectivity index (χ3n) is 3.26. The predicted molar refractivity (Wildman–Crippen MR) is 65.3 cm³/mol. The molecule has 2 atom stereocenters. The van der Waals surface area contributed by atoms with Crippen LogP contribution in [0.2, 0.25) is 0 Å². The van der Waals surface area contributed by atoms with Gasteiger partial charge >= 0.3 is 6.18 Å². The van der Waals surface area contributed by atoms with Crippen LogP contribution in [0.3, 0.4) is 0 Å². The fourth-order valence-corrected chi connectivity index (χ4v) is 4.21. The van der Waals surface area contributed by atoms with E-state index in [4.69, 9.17) is 0 Å². The van der Waals surface area contributed by atoms with Crippen LogP contribution in [0.15, 0.2) is 47.4 Å². The number of halogens is 3. The van der Waals surface area contributed by atoms with Crippen LogP contribution in [0, 0.1) is 5.92 Å². The van der Waals surface area contributed by atoms with Crippen molar-refractivity contribution in [2.45, 2.75) is 29.2 Å². The summed E-state index contributed by atoms with van der Waals surface area (Å²) in [6.07, 6.45) is -1.97. The van der Waals surface area contributed by atoms with Crippen LogP contribution in [-0.4, -0.2) is 19.8 Å². The quantitative estimate of drug-likeness (QED) is 0.783. The van der Waals surface area contributed by atoms with E-state index in [2.05, 4.69) is 0 Å². The maximum absolute atomic E-state index is 12.9. The SMILES string of the molecule is O=S(=O)(c1ccccc1)C1CC=CCC1C(F)(F)F. The lowest BCUT2D eigenvalue weighted by atomic mass is 9.93. The Balaban J connectivity index is 2.42. The number of rotatable bonds is 2. The van der Waals surface area contributed by atoms with Crippen molar-refractivity contribution >= 4 is 9.84 Å². The molecule has 1 aromatic rings. The summed E-state index contributed by atoms with van der Waals surface area (Å²) in [7, 11) is -3.97. The average molecular weight is 290 g/mol. The zero-order chi connectivity index (χ0) is 14.1. The molecular formula is C13H13F3O2S. The number of hydrogen-bond acceptors (Lipinski definition) is 2. The highest BCUT2D eigenvalue weighted by Gasteiger charge is 2.49. The van der Waals surface area contributed by atoms with Crippen LogP contribution in [0.1, 0.15) is 12.8 Å². The van der Waals surface area contributed by atoms with Gasteiger partial charge in [0, 0.05) is 0 Å². The number of alkyl halides is 3. The summed E-state index contributed by atoms with van der Waals surface area (Å²) in [5, 5.41) is -1.43. The first-order valence-corrected chi connectivity index (χ1v) is 7.39. The van der Waals surface area contributed by atoms with Gasteiger partial charge in [0.15, 0.2) is 9.84 Å². The van der Waals surface area contributed by atoms with Crippen LogP contribution >= 0.6 is 0 Å². The fourth-order valence-electron chi connectivity index (χ4n) is 2.26. The van der Waals surface area contributed by atoms with Crippen molar-refractivity contribution in [2.24, 2.45) is 5.92 Å². The van der Waals surface area contributed by atoms with Crippen LogP contribution in [-0.2, 0) is 9.84 Å². The van der Waals surface area contributed by atoms with Gasteiger partial charge in [0.1, 0.15) is 0 Å².